The first-order valence-corrected chi connectivity index (χ1v) is 8.16. The van der Waals surface area contributed by atoms with E-state index in [-0.39, 0.29) is 11.8 Å². The molecule has 1 aliphatic heterocycles. The van der Waals surface area contributed by atoms with Crippen molar-refractivity contribution in [3.05, 3.63) is 53.6 Å². The molecule has 1 aromatic carbocycles. The fourth-order valence-electron chi connectivity index (χ4n) is 2.69. The van der Waals surface area contributed by atoms with Crippen LogP contribution >= 0.6 is 11.3 Å². The van der Waals surface area contributed by atoms with Crippen LogP contribution in [0.5, 0.6) is 5.75 Å². The standard InChI is InChI=1S/C17H14N2O3S/c1-10-11-5-2-3-6-13(11)22-15(10)16(20)19-17-18-12(9-23-17)14-7-4-8-21-14/h2-10,15H,1H3,(H,18,19,20)/t10-,15+/m0/s1. The van der Waals surface area contributed by atoms with Gasteiger partial charge in [-0.15, -0.1) is 11.3 Å². The van der Waals surface area contributed by atoms with E-state index in [2.05, 4.69) is 10.3 Å². The van der Waals surface area contributed by atoms with Crippen LogP contribution in [-0.2, 0) is 4.79 Å². The lowest BCUT2D eigenvalue weighted by Gasteiger charge is -2.13. The molecule has 0 spiro atoms. The van der Waals surface area contributed by atoms with E-state index in [1.807, 2.05) is 42.6 Å². The Morgan fingerprint density at radius 3 is 2.91 bits per heavy atom. The van der Waals surface area contributed by atoms with Crippen molar-refractivity contribution < 1.29 is 13.9 Å². The number of ether oxygens (including phenoxy) is 1. The summed E-state index contributed by atoms with van der Waals surface area (Å²) in [4.78, 5) is 16.9. The third-order valence-corrected chi connectivity index (χ3v) is 4.64. The molecule has 0 radical (unpaired) electrons. The second-order valence-corrected chi connectivity index (χ2v) is 6.23. The molecule has 0 unspecified atom stereocenters. The van der Waals surface area contributed by atoms with E-state index in [4.69, 9.17) is 9.15 Å². The fourth-order valence-corrected chi connectivity index (χ4v) is 3.39. The summed E-state index contributed by atoms with van der Waals surface area (Å²) in [5.41, 5.74) is 1.77. The summed E-state index contributed by atoms with van der Waals surface area (Å²) >= 11 is 1.36. The minimum absolute atomic E-state index is 0.00991. The number of benzene rings is 1. The lowest BCUT2D eigenvalue weighted by Crippen LogP contribution is -2.33. The van der Waals surface area contributed by atoms with E-state index >= 15 is 0 Å². The van der Waals surface area contributed by atoms with Crippen LogP contribution in [0.4, 0.5) is 5.13 Å². The van der Waals surface area contributed by atoms with Crippen molar-refractivity contribution >= 4 is 22.4 Å². The zero-order valence-corrected chi connectivity index (χ0v) is 13.2. The average molecular weight is 326 g/mol. The molecular weight excluding hydrogens is 312 g/mol. The van der Waals surface area contributed by atoms with Gasteiger partial charge in [-0.1, -0.05) is 25.1 Å². The van der Waals surface area contributed by atoms with E-state index in [0.717, 1.165) is 11.3 Å². The lowest BCUT2D eigenvalue weighted by molar-refractivity contribution is -0.122. The van der Waals surface area contributed by atoms with Crippen LogP contribution in [0.3, 0.4) is 0 Å². The van der Waals surface area contributed by atoms with Crippen molar-refractivity contribution in [1.82, 2.24) is 4.98 Å². The first-order valence-electron chi connectivity index (χ1n) is 7.28. The number of fused-ring (bicyclic) bond motifs is 1. The minimum Gasteiger partial charge on any atom is -0.480 e. The summed E-state index contributed by atoms with van der Waals surface area (Å²) in [6.07, 6.45) is 1.06. The molecule has 116 valence electrons. The maximum atomic E-state index is 12.5. The van der Waals surface area contributed by atoms with Crippen molar-refractivity contribution in [2.75, 3.05) is 5.32 Å². The number of hydrogen-bond donors (Lipinski definition) is 1. The number of furan rings is 1. The number of nitrogens with zero attached hydrogens (tertiary/aromatic N) is 1. The van der Waals surface area contributed by atoms with E-state index in [1.54, 1.807) is 12.3 Å². The van der Waals surface area contributed by atoms with Gasteiger partial charge in [0, 0.05) is 16.9 Å². The molecule has 3 aromatic rings. The highest BCUT2D eigenvalue weighted by atomic mass is 32.1. The summed E-state index contributed by atoms with van der Waals surface area (Å²) in [5, 5.41) is 5.22. The largest absolute Gasteiger partial charge is 0.480 e. The summed E-state index contributed by atoms with van der Waals surface area (Å²) < 4.78 is 11.1. The van der Waals surface area contributed by atoms with Crippen molar-refractivity contribution in [1.29, 1.82) is 0 Å². The first kappa shape index (κ1) is 14.0. The Morgan fingerprint density at radius 1 is 1.26 bits per heavy atom. The zero-order valence-electron chi connectivity index (χ0n) is 12.4. The van der Waals surface area contributed by atoms with E-state index < -0.39 is 6.10 Å². The number of carbonyl (C=O) groups is 1. The number of para-hydroxylation sites is 1. The van der Waals surface area contributed by atoms with E-state index in [0.29, 0.717) is 16.6 Å². The van der Waals surface area contributed by atoms with Gasteiger partial charge in [0.05, 0.1) is 6.26 Å². The average Bonchev–Trinajstić information content (AvgIpc) is 3.27. The maximum Gasteiger partial charge on any atom is 0.267 e. The van der Waals surface area contributed by atoms with Gasteiger partial charge in [-0.05, 0) is 18.2 Å². The van der Waals surface area contributed by atoms with Crippen molar-refractivity contribution in [2.24, 2.45) is 0 Å². The smallest absolute Gasteiger partial charge is 0.267 e. The van der Waals surface area contributed by atoms with Gasteiger partial charge >= 0.3 is 0 Å². The molecule has 6 heteroatoms. The monoisotopic (exact) mass is 326 g/mol. The van der Waals surface area contributed by atoms with Gasteiger partial charge in [0.15, 0.2) is 17.0 Å². The molecule has 0 bridgehead atoms. The van der Waals surface area contributed by atoms with Gasteiger partial charge < -0.3 is 9.15 Å². The molecule has 23 heavy (non-hydrogen) atoms. The number of anilines is 1. The molecule has 1 aliphatic rings. The normalized spacial score (nSPS) is 19.2. The molecule has 4 rings (SSSR count). The molecule has 3 heterocycles. The molecular formula is C17H14N2O3S. The quantitative estimate of drug-likeness (QED) is 0.792. The van der Waals surface area contributed by atoms with Crippen molar-refractivity contribution in [2.45, 2.75) is 18.9 Å². The molecule has 0 aliphatic carbocycles. The summed E-state index contributed by atoms with van der Waals surface area (Å²) in [6.45, 7) is 1.99. The van der Waals surface area contributed by atoms with Crippen molar-refractivity contribution in [3.8, 4) is 17.2 Å². The second kappa shape index (κ2) is 5.55. The predicted octanol–water partition coefficient (Wildman–Crippen LogP) is 3.91. The molecule has 0 fully saturated rings. The first-order chi connectivity index (χ1) is 11.2. The highest BCUT2D eigenvalue weighted by molar-refractivity contribution is 7.14. The highest BCUT2D eigenvalue weighted by Gasteiger charge is 2.36. The highest BCUT2D eigenvalue weighted by Crippen LogP contribution is 2.38. The summed E-state index contributed by atoms with van der Waals surface area (Å²) in [6, 6.07) is 11.4. The Balaban J connectivity index is 1.49. The predicted molar refractivity (Wildman–Crippen MR) is 87.7 cm³/mol. The summed E-state index contributed by atoms with van der Waals surface area (Å²) in [7, 11) is 0. The van der Waals surface area contributed by atoms with Gasteiger partial charge in [0.2, 0.25) is 0 Å². The molecule has 5 nitrogen and oxygen atoms in total. The molecule has 1 amide bonds. The van der Waals surface area contributed by atoms with Gasteiger partial charge in [-0.3, -0.25) is 10.1 Å². The Morgan fingerprint density at radius 2 is 2.13 bits per heavy atom. The minimum atomic E-state index is -0.539. The van der Waals surface area contributed by atoms with E-state index in [9.17, 15) is 4.79 Å². The topological polar surface area (TPSA) is 64.4 Å². The SMILES string of the molecule is C[C@H]1c2ccccc2O[C@H]1C(=O)Nc1nc(-c2ccco2)cs1. The van der Waals surface area contributed by atoms with E-state index in [1.165, 1.54) is 11.3 Å². The van der Waals surface area contributed by atoms with Gasteiger partial charge in [-0.2, -0.15) is 0 Å². The van der Waals surface area contributed by atoms with Crippen LogP contribution < -0.4 is 10.1 Å². The molecule has 0 saturated heterocycles. The van der Waals surface area contributed by atoms with Crippen molar-refractivity contribution in [3.63, 3.8) is 0 Å². The molecule has 2 atom stereocenters. The van der Waals surface area contributed by atoms with Crippen LogP contribution in [0.2, 0.25) is 0 Å². The van der Waals surface area contributed by atoms with Gasteiger partial charge in [0.1, 0.15) is 11.4 Å². The van der Waals surface area contributed by atoms with Gasteiger partial charge in [0.25, 0.3) is 5.91 Å². The maximum absolute atomic E-state index is 12.5. The fraction of sp³-hybridized carbons (Fsp3) is 0.176. The number of rotatable bonds is 3. The third kappa shape index (κ3) is 2.51. The zero-order chi connectivity index (χ0) is 15.8. The molecule has 1 N–H and O–H groups in total. The van der Waals surface area contributed by atoms with Crippen LogP contribution in [-0.4, -0.2) is 17.0 Å². The molecule has 2 aromatic heterocycles. The number of nitrogens with one attached hydrogen (secondary N) is 1. The van der Waals surface area contributed by atoms with Crippen LogP contribution in [0.25, 0.3) is 11.5 Å². The number of hydrogen-bond acceptors (Lipinski definition) is 5. The lowest BCUT2D eigenvalue weighted by atomic mass is 9.97. The number of carbonyl (C=O) groups excluding carboxylic acids is 1. The Bertz CT molecular complexity index is 841. The summed E-state index contributed by atoms with van der Waals surface area (Å²) in [5.74, 6) is 1.28. The van der Waals surface area contributed by atoms with Crippen LogP contribution in [0.1, 0.15) is 18.4 Å². The van der Waals surface area contributed by atoms with Crippen LogP contribution in [0, 0.1) is 0 Å². The Labute approximate surface area is 136 Å². The Hall–Kier alpha value is -2.60. The Kier molecular flexibility index (Phi) is 3.38. The van der Waals surface area contributed by atoms with Crippen LogP contribution in [0.15, 0.2) is 52.5 Å². The van der Waals surface area contributed by atoms with Gasteiger partial charge in [-0.25, -0.2) is 4.98 Å². The molecule has 0 saturated carbocycles. The third-order valence-electron chi connectivity index (χ3n) is 3.88. The number of thiazole rings is 1. The number of aromatic nitrogens is 1. The number of amides is 1. The second-order valence-electron chi connectivity index (χ2n) is 5.37.